The Labute approximate surface area is 113 Å². The summed E-state index contributed by atoms with van der Waals surface area (Å²) >= 11 is 3.62. The number of rotatable bonds is 5. The lowest BCUT2D eigenvalue weighted by atomic mass is 9.80. The van der Waals surface area contributed by atoms with E-state index in [1.54, 1.807) is 6.33 Å². The summed E-state index contributed by atoms with van der Waals surface area (Å²) in [4.78, 5) is 4.40. The van der Waals surface area contributed by atoms with Crippen molar-refractivity contribution in [2.45, 2.75) is 47.6 Å². The molecule has 0 radical (unpaired) electrons. The van der Waals surface area contributed by atoms with Gasteiger partial charge >= 0.3 is 0 Å². The molecule has 0 fully saturated rings. The van der Waals surface area contributed by atoms with Gasteiger partial charge in [-0.05, 0) is 17.3 Å². The van der Waals surface area contributed by atoms with Gasteiger partial charge in [0, 0.05) is 18.3 Å². The van der Waals surface area contributed by atoms with Crippen molar-refractivity contribution in [2.75, 3.05) is 5.33 Å². The molecule has 17 heavy (non-hydrogen) atoms. The molecule has 1 heterocycles. The van der Waals surface area contributed by atoms with Crippen molar-refractivity contribution in [1.82, 2.24) is 14.8 Å². The number of nitrogens with zero attached hydrogens (tertiary/aromatic N) is 3. The third-order valence-electron chi connectivity index (χ3n) is 3.07. The molecule has 1 atom stereocenters. The maximum Gasteiger partial charge on any atom is 0.138 e. The van der Waals surface area contributed by atoms with Gasteiger partial charge in [0.1, 0.15) is 12.2 Å². The topological polar surface area (TPSA) is 30.7 Å². The second-order valence-corrected chi connectivity index (χ2v) is 6.82. The van der Waals surface area contributed by atoms with Crippen LogP contribution >= 0.6 is 15.9 Å². The quantitative estimate of drug-likeness (QED) is 0.779. The third kappa shape index (κ3) is 4.41. The van der Waals surface area contributed by atoms with E-state index in [4.69, 9.17) is 0 Å². The summed E-state index contributed by atoms with van der Waals surface area (Å²) in [5.74, 6) is 2.29. The van der Waals surface area contributed by atoms with Crippen molar-refractivity contribution in [3.05, 3.63) is 12.2 Å². The highest BCUT2D eigenvalue weighted by Gasteiger charge is 2.25. The molecule has 3 nitrogen and oxygen atoms in total. The number of halogens is 1. The Morgan fingerprint density at radius 2 is 2.00 bits per heavy atom. The molecule has 1 aromatic rings. The first-order valence-electron chi connectivity index (χ1n) is 6.27. The summed E-state index contributed by atoms with van der Waals surface area (Å²) in [6, 6.07) is 0. The van der Waals surface area contributed by atoms with Crippen LogP contribution in [0.1, 0.15) is 40.4 Å². The highest BCUT2D eigenvalue weighted by atomic mass is 79.9. The monoisotopic (exact) mass is 301 g/mol. The lowest BCUT2D eigenvalue weighted by Crippen LogP contribution is -2.26. The molecule has 0 spiro atoms. The molecule has 0 aromatic carbocycles. The van der Waals surface area contributed by atoms with E-state index >= 15 is 0 Å². The molecule has 1 rings (SSSR count). The van der Waals surface area contributed by atoms with Gasteiger partial charge in [-0.25, -0.2) is 9.67 Å². The second kappa shape index (κ2) is 5.98. The summed E-state index contributed by atoms with van der Waals surface area (Å²) in [7, 11) is 0. The Kier molecular flexibility index (Phi) is 5.17. The van der Waals surface area contributed by atoms with Crippen LogP contribution in [0.5, 0.6) is 0 Å². The molecule has 0 amide bonds. The van der Waals surface area contributed by atoms with Crippen molar-refractivity contribution in [3.8, 4) is 0 Å². The molecular weight excluding hydrogens is 278 g/mol. The van der Waals surface area contributed by atoms with E-state index in [1.807, 2.05) is 4.68 Å². The molecule has 98 valence electrons. The van der Waals surface area contributed by atoms with E-state index in [-0.39, 0.29) is 5.41 Å². The molecular formula is C13H24BrN3. The molecule has 0 saturated carbocycles. The largest absolute Gasteiger partial charge is 0.250 e. The fraction of sp³-hybridized carbons (Fsp3) is 0.846. The fourth-order valence-electron chi connectivity index (χ4n) is 1.76. The maximum atomic E-state index is 4.40. The van der Waals surface area contributed by atoms with Crippen LogP contribution in [0.3, 0.4) is 0 Å². The number of hydrogen-bond donors (Lipinski definition) is 0. The van der Waals surface area contributed by atoms with E-state index in [0.717, 1.165) is 24.1 Å². The van der Waals surface area contributed by atoms with Gasteiger partial charge in [-0.3, -0.25) is 0 Å². The SMILES string of the molecule is CC(C)Cn1ncnc1CC(CBr)C(C)(C)C. The number of alkyl halides is 1. The van der Waals surface area contributed by atoms with E-state index < -0.39 is 0 Å². The van der Waals surface area contributed by atoms with E-state index in [1.165, 1.54) is 0 Å². The van der Waals surface area contributed by atoms with Crippen LogP contribution in [-0.2, 0) is 13.0 Å². The first-order valence-corrected chi connectivity index (χ1v) is 7.39. The summed E-state index contributed by atoms with van der Waals surface area (Å²) in [6.07, 6.45) is 2.66. The summed E-state index contributed by atoms with van der Waals surface area (Å²) < 4.78 is 2.05. The first kappa shape index (κ1) is 14.7. The van der Waals surface area contributed by atoms with Gasteiger partial charge in [0.15, 0.2) is 0 Å². The molecule has 1 aromatic heterocycles. The zero-order valence-corrected chi connectivity index (χ0v) is 13.2. The smallest absolute Gasteiger partial charge is 0.138 e. The summed E-state index contributed by atoms with van der Waals surface area (Å²) in [5, 5.41) is 5.32. The van der Waals surface area contributed by atoms with E-state index in [0.29, 0.717) is 11.8 Å². The third-order valence-corrected chi connectivity index (χ3v) is 3.86. The molecule has 0 N–H and O–H groups in total. The molecule has 0 saturated heterocycles. The van der Waals surface area contributed by atoms with Crippen LogP contribution < -0.4 is 0 Å². The van der Waals surface area contributed by atoms with Gasteiger partial charge < -0.3 is 0 Å². The first-order chi connectivity index (χ1) is 7.84. The normalized spacial score (nSPS) is 14.3. The minimum atomic E-state index is 0.290. The second-order valence-electron chi connectivity index (χ2n) is 6.17. The predicted molar refractivity (Wildman–Crippen MR) is 75.3 cm³/mol. The average molecular weight is 302 g/mol. The summed E-state index contributed by atoms with van der Waals surface area (Å²) in [5.41, 5.74) is 0.290. The lowest BCUT2D eigenvalue weighted by molar-refractivity contribution is 0.259. The highest BCUT2D eigenvalue weighted by Crippen LogP contribution is 2.30. The predicted octanol–water partition coefficient (Wildman–Crippen LogP) is 3.53. The number of hydrogen-bond acceptors (Lipinski definition) is 2. The Morgan fingerprint density at radius 3 is 2.47 bits per heavy atom. The minimum Gasteiger partial charge on any atom is -0.250 e. The number of aromatic nitrogens is 3. The van der Waals surface area contributed by atoms with Crippen LogP contribution in [0.15, 0.2) is 6.33 Å². The lowest BCUT2D eigenvalue weighted by Gasteiger charge is -2.28. The standard InChI is InChI=1S/C13H24BrN3/c1-10(2)8-17-12(15-9-16-17)6-11(7-14)13(3,4)5/h9-11H,6-8H2,1-5H3. The van der Waals surface area contributed by atoms with Crippen LogP contribution in [-0.4, -0.2) is 20.1 Å². The Hall–Kier alpha value is -0.380. The Morgan fingerprint density at radius 1 is 1.35 bits per heavy atom. The Balaban J connectivity index is 2.76. The summed E-state index contributed by atoms with van der Waals surface area (Å²) in [6.45, 7) is 12.2. The van der Waals surface area contributed by atoms with Crippen molar-refractivity contribution in [1.29, 1.82) is 0 Å². The molecule has 4 heteroatoms. The molecule has 1 unspecified atom stereocenters. The maximum absolute atomic E-state index is 4.40. The van der Waals surface area contributed by atoms with Gasteiger partial charge in [0.2, 0.25) is 0 Å². The Bertz CT molecular complexity index is 339. The van der Waals surface area contributed by atoms with Gasteiger partial charge in [-0.15, -0.1) is 0 Å². The van der Waals surface area contributed by atoms with Crippen LogP contribution in [0, 0.1) is 17.3 Å². The van der Waals surface area contributed by atoms with Crippen molar-refractivity contribution in [2.24, 2.45) is 17.3 Å². The van der Waals surface area contributed by atoms with Crippen LogP contribution in [0.4, 0.5) is 0 Å². The van der Waals surface area contributed by atoms with Crippen LogP contribution in [0.25, 0.3) is 0 Å². The minimum absolute atomic E-state index is 0.290. The highest BCUT2D eigenvalue weighted by molar-refractivity contribution is 9.09. The average Bonchev–Trinajstić information content (AvgIpc) is 2.59. The zero-order valence-electron chi connectivity index (χ0n) is 11.6. The van der Waals surface area contributed by atoms with E-state index in [2.05, 4.69) is 60.6 Å². The molecule has 0 aliphatic rings. The molecule has 0 bridgehead atoms. The van der Waals surface area contributed by atoms with Crippen molar-refractivity contribution < 1.29 is 0 Å². The van der Waals surface area contributed by atoms with Gasteiger partial charge in [-0.1, -0.05) is 50.5 Å². The van der Waals surface area contributed by atoms with Gasteiger partial charge in [-0.2, -0.15) is 5.10 Å². The van der Waals surface area contributed by atoms with E-state index in [9.17, 15) is 0 Å². The van der Waals surface area contributed by atoms with Crippen LogP contribution in [0.2, 0.25) is 0 Å². The van der Waals surface area contributed by atoms with Gasteiger partial charge in [0.25, 0.3) is 0 Å². The van der Waals surface area contributed by atoms with Crippen molar-refractivity contribution >= 4 is 15.9 Å². The fourth-order valence-corrected chi connectivity index (χ4v) is 2.96. The zero-order chi connectivity index (χ0) is 13.1. The van der Waals surface area contributed by atoms with Gasteiger partial charge in [0.05, 0.1) is 0 Å². The molecule has 0 aliphatic heterocycles. The molecule has 0 aliphatic carbocycles. The van der Waals surface area contributed by atoms with Crippen molar-refractivity contribution in [3.63, 3.8) is 0 Å².